The number of hydrogen-bond acceptors (Lipinski definition) is 4. The highest BCUT2D eigenvalue weighted by Gasteiger charge is 2.25. The van der Waals surface area contributed by atoms with Crippen molar-refractivity contribution in [1.29, 1.82) is 0 Å². The Morgan fingerprint density at radius 2 is 2.12 bits per heavy atom. The van der Waals surface area contributed by atoms with Gasteiger partial charge in [0.15, 0.2) is 0 Å². The lowest BCUT2D eigenvalue weighted by atomic mass is 10.1. The fraction of sp³-hybridized carbons (Fsp3) is 0.421. The quantitative estimate of drug-likeness (QED) is 0.787. The molecule has 1 atom stereocenters. The largest absolute Gasteiger partial charge is 0.497 e. The first-order chi connectivity index (χ1) is 12.2. The summed E-state index contributed by atoms with van der Waals surface area (Å²) in [6.45, 7) is 2.57. The molecule has 2 aromatic rings. The molecule has 1 aromatic heterocycles. The van der Waals surface area contributed by atoms with E-state index < -0.39 is 0 Å². The van der Waals surface area contributed by atoms with Gasteiger partial charge in [-0.05, 0) is 72.2 Å². The number of likely N-dealkylation sites (tertiary alicyclic amines) is 1. The van der Waals surface area contributed by atoms with Gasteiger partial charge in [-0.15, -0.1) is 0 Å². The minimum absolute atomic E-state index is 0.0589. The van der Waals surface area contributed by atoms with Gasteiger partial charge in [-0.1, -0.05) is 6.42 Å². The standard InChI is InChI=1S/C19H23BrN2O3/c1-24-14-7-8-16(20)15(12-14)19(23)21-13-17(18-6-5-11-25-18)22-9-3-2-4-10-22/h5-8,11-12,17H,2-4,9-10,13H2,1H3,(H,21,23). The number of nitrogens with one attached hydrogen (secondary N) is 1. The Hall–Kier alpha value is -1.79. The van der Waals surface area contributed by atoms with Gasteiger partial charge in [0, 0.05) is 11.0 Å². The van der Waals surface area contributed by atoms with Crippen LogP contribution in [0, 0.1) is 0 Å². The summed E-state index contributed by atoms with van der Waals surface area (Å²) in [5.41, 5.74) is 0.566. The molecule has 1 fully saturated rings. The van der Waals surface area contributed by atoms with Crippen LogP contribution < -0.4 is 10.1 Å². The molecular formula is C19H23BrN2O3. The van der Waals surface area contributed by atoms with Crippen molar-refractivity contribution in [3.8, 4) is 5.75 Å². The summed E-state index contributed by atoms with van der Waals surface area (Å²) >= 11 is 3.44. The predicted octanol–water partition coefficient (Wildman–Crippen LogP) is 4.01. The van der Waals surface area contributed by atoms with Crippen molar-refractivity contribution in [2.75, 3.05) is 26.7 Å². The number of benzene rings is 1. The molecule has 6 heteroatoms. The second-order valence-corrected chi connectivity index (χ2v) is 7.04. The van der Waals surface area contributed by atoms with E-state index in [0.717, 1.165) is 23.3 Å². The van der Waals surface area contributed by atoms with E-state index in [1.165, 1.54) is 19.3 Å². The summed E-state index contributed by atoms with van der Waals surface area (Å²) in [6.07, 6.45) is 5.33. The lowest BCUT2D eigenvalue weighted by molar-refractivity contribution is 0.0913. The first-order valence-electron chi connectivity index (χ1n) is 8.58. The molecule has 25 heavy (non-hydrogen) atoms. The number of carbonyl (C=O) groups is 1. The van der Waals surface area contributed by atoms with Crippen molar-refractivity contribution in [2.45, 2.75) is 25.3 Å². The number of nitrogens with zero attached hydrogens (tertiary/aromatic N) is 1. The molecule has 2 heterocycles. The smallest absolute Gasteiger partial charge is 0.252 e. The van der Waals surface area contributed by atoms with E-state index in [2.05, 4.69) is 26.1 Å². The van der Waals surface area contributed by atoms with Gasteiger partial charge in [0.2, 0.25) is 0 Å². The van der Waals surface area contributed by atoms with Crippen LogP contribution in [0.2, 0.25) is 0 Å². The summed E-state index contributed by atoms with van der Waals surface area (Å²) in [4.78, 5) is 15.0. The Balaban J connectivity index is 1.71. The number of carbonyl (C=O) groups excluding carboxylic acids is 1. The fourth-order valence-electron chi connectivity index (χ4n) is 3.21. The van der Waals surface area contributed by atoms with Crippen molar-refractivity contribution >= 4 is 21.8 Å². The van der Waals surface area contributed by atoms with Crippen molar-refractivity contribution in [3.05, 3.63) is 52.4 Å². The van der Waals surface area contributed by atoms with Crippen molar-refractivity contribution < 1.29 is 13.9 Å². The fourth-order valence-corrected chi connectivity index (χ4v) is 3.64. The topological polar surface area (TPSA) is 54.7 Å². The molecule has 1 unspecified atom stereocenters. The third-order valence-electron chi connectivity index (χ3n) is 4.58. The molecule has 5 nitrogen and oxygen atoms in total. The molecule has 1 aliphatic heterocycles. The number of ether oxygens (including phenoxy) is 1. The van der Waals surface area contributed by atoms with Gasteiger partial charge in [0.25, 0.3) is 5.91 Å². The summed E-state index contributed by atoms with van der Waals surface area (Å²) in [5.74, 6) is 1.43. The zero-order valence-electron chi connectivity index (χ0n) is 14.3. The van der Waals surface area contributed by atoms with Gasteiger partial charge in [-0.2, -0.15) is 0 Å². The van der Waals surface area contributed by atoms with Gasteiger partial charge < -0.3 is 14.5 Å². The first-order valence-corrected chi connectivity index (χ1v) is 9.37. The SMILES string of the molecule is COc1ccc(Br)c(C(=O)NCC(c2ccco2)N2CCCCC2)c1. The summed E-state index contributed by atoms with van der Waals surface area (Å²) in [6, 6.07) is 9.31. The minimum atomic E-state index is -0.126. The second kappa shape index (κ2) is 8.54. The highest BCUT2D eigenvalue weighted by atomic mass is 79.9. The number of furan rings is 1. The van der Waals surface area contributed by atoms with Crippen LogP contribution in [-0.4, -0.2) is 37.6 Å². The maximum atomic E-state index is 12.6. The summed E-state index contributed by atoms with van der Waals surface area (Å²) in [7, 11) is 1.59. The molecule has 0 aliphatic carbocycles. The molecule has 0 radical (unpaired) electrons. The Bertz CT molecular complexity index is 697. The third kappa shape index (κ3) is 4.44. The maximum Gasteiger partial charge on any atom is 0.252 e. The molecule has 1 N–H and O–H groups in total. The monoisotopic (exact) mass is 406 g/mol. The number of amides is 1. The van der Waals surface area contributed by atoms with E-state index >= 15 is 0 Å². The molecule has 1 aliphatic rings. The van der Waals surface area contributed by atoms with Crippen LogP contribution in [0.15, 0.2) is 45.5 Å². The molecule has 134 valence electrons. The summed E-state index contributed by atoms with van der Waals surface area (Å²) < 4.78 is 11.6. The van der Waals surface area contributed by atoms with Crippen LogP contribution in [0.25, 0.3) is 0 Å². The van der Waals surface area contributed by atoms with Crippen LogP contribution in [0.1, 0.15) is 41.4 Å². The maximum absolute atomic E-state index is 12.6. The van der Waals surface area contributed by atoms with E-state index in [4.69, 9.17) is 9.15 Å². The lowest BCUT2D eigenvalue weighted by Crippen LogP contribution is -2.40. The van der Waals surface area contributed by atoms with E-state index in [-0.39, 0.29) is 11.9 Å². The van der Waals surface area contributed by atoms with Gasteiger partial charge in [-0.3, -0.25) is 9.69 Å². The highest BCUT2D eigenvalue weighted by molar-refractivity contribution is 9.10. The number of piperidine rings is 1. The first kappa shape index (κ1) is 18.0. The Morgan fingerprint density at radius 3 is 2.80 bits per heavy atom. The third-order valence-corrected chi connectivity index (χ3v) is 5.27. The van der Waals surface area contributed by atoms with Gasteiger partial charge >= 0.3 is 0 Å². The van der Waals surface area contributed by atoms with Crippen LogP contribution in [-0.2, 0) is 0 Å². The van der Waals surface area contributed by atoms with Crippen LogP contribution >= 0.6 is 15.9 Å². The average Bonchev–Trinajstić information content (AvgIpc) is 3.17. The zero-order chi connectivity index (χ0) is 17.6. The number of methoxy groups -OCH3 is 1. The molecule has 1 amide bonds. The second-order valence-electron chi connectivity index (χ2n) is 6.18. The molecule has 0 bridgehead atoms. The Morgan fingerprint density at radius 1 is 1.32 bits per heavy atom. The minimum Gasteiger partial charge on any atom is -0.497 e. The van der Waals surface area contributed by atoms with Crippen LogP contribution in [0.4, 0.5) is 0 Å². The molecular weight excluding hydrogens is 384 g/mol. The van der Waals surface area contributed by atoms with Crippen molar-refractivity contribution in [3.63, 3.8) is 0 Å². The molecule has 1 aromatic carbocycles. The van der Waals surface area contributed by atoms with Gasteiger partial charge in [0.05, 0.1) is 25.0 Å². The molecule has 0 saturated carbocycles. The Labute approximate surface area is 156 Å². The number of rotatable bonds is 6. The van der Waals surface area contributed by atoms with Crippen LogP contribution in [0.3, 0.4) is 0 Å². The normalized spacial score (nSPS) is 16.4. The van der Waals surface area contributed by atoms with Crippen molar-refractivity contribution in [2.24, 2.45) is 0 Å². The highest BCUT2D eigenvalue weighted by Crippen LogP contribution is 2.26. The lowest BCUT2D eigenvalue weighted by Gasteiger charge is -2.33. The number of hydrogen-bond donors (Lipinski definition) is 1. The van der Waals surface area contributed by atoms with E-state index in [0.29, 0.717) is 17.9 Å². The predicted molar refractivity (Wildman–Crippen MR) is 99.9 cm³/mol. The van der Waals surface area contributed by atoms with Gasteiger partial charge in [-0.25, -0.2) is 0 Å². The van der Waals surface area contributed by atoms with Gasteiger partial charge in [0.1, 0.15) is 11.5 Å². The molecule has 0 spiro atoms. The van der Waals surface area contributed by atoms with E-state index in [1.807, 2.05) is 24.3 Å². The average molecular weight is 407 g/mol. The molecule has 1 saturated heterocycles. The van der Waals surface area contributed by atoms with E-state index in [9.17, 15) is 4.79 Å². The number of halogens is 1. The Kier molecular flexibility index (Phi) is 6.15. The van der Waals surface area contributed by atoms with Crippen molar-refractivity contribution in [1.82, 2.24) is 10.2 Å². The van der Waals surface area contributed by atoms with Crippen LogP contribution in [0.5, 0.6) is 5.75 Å². The summed E-state index contributed by atoms with van der Waals surface area (Å²) in [5, 5.41) is 3.05. The zero-order valence-corrected chi connectivity index (χ0v) is 15.9. The molecule has 3 rings (SSSR count). The van der Waals surface area contributed by atoms with E-state index in [1.54, 1.807) is 19.4 Å².